The highest BCUT2D eigenvalue weighted by Crippen LogP contribution is 2.32. The fourth-order valence-corrected chi connectivity index (χ4v) is 4.20. The van der Waals surface area contributed by atoms with E-state index in [0.717, 1.165) is 25.1 Å². The normalized spacial score (nSPS) is 17.2. The van der Waals surface area contributed by atoms with Crippen molar-refractivity contribution in [3.05, 3.63) is 54.1 Å². The number of rotatable bonds is 8. The van der Waals surface area contributed by atoms with Crippen molar-refractivity contribution in [2.45, 2.75) is 37.1 Å². The Labute approximate surface area is 171 Å². The number of amides is 1. The van der Waals surface area contributed by atoms with Crippen LogP contribution in [0.15, 0.2) is 53.4 Å². The molecule has 8 heteroatoms. The number of carbonyl (C=O) groups is 1. The zero-order valence-electron chi connectivity index (χ0n) is 16.5. The van der Waals surface area contributed by atoms with Gasteiger partial charge in [-0.25, -0.2) is 13.6 Å². The van der Waals surface area contributed by atoms with Crippen LogP contribution in [-0.2, 0) is 14.8 Å². The van der Waals surface area contributed by atoms with Gasteiger partial charge in [0.25, 0.3) is 0 Å². The van der Waals surface area contributed by atoms with Crippen LogP contribution in [0.4, 0.5) is 5.69 Å². The van der Waals surface area contributed by atoms with Crippen LogP contribution in [0.25, 0.3) is 0 Å². The number of nitrogens with zero attached hydrogens (tertiary/aromatic N) is 1. The second-order valence-corrected chi connectivity index (χ2v) is 8.63. The molecule has 156 valence electrons. The molecule has 0 aromatic heterocycles. The number of nitrogens with one attached hydrogen (secondary N) is 1. The van der Waals surface area contributed by atoms with Gasteiger partial charge in [0, 0.05) is 24.7 Å². The smallest absolute Gasteiger partial charge is 0.238 e. The molecule has 0 bridgehead atoms. The summed E-state index contributed by atoms with van der Waals surface area (Å²) in [7, 11) is -3.80. The van der Waals surface area contributed by atoms with Crippen LogP contribution in [-0.4, -0.2) is 38.9 Å². The second-order valence-electron chi connectivity index (χ2n) is 7.07. The van der Waals surface area contributed by atoms with Crippen molar-refractivity contribution in [2.75, 3.05) is 25.0 Å². The standard InChI is InChI=1S/C21H27N3O4S/c1-2-28-18-10-8-16(9-11-18)20-7-4-13-24(20)14-12-21(25)23-17-5-3-6-19(15-17)29(22,26)27/h3,5-6,8-11,15,20H,2,4,7,12-14H2,1H3,(H,23,25)(H2,22,26,27). The van der Waals surface area contributed by atoms with E-state index >= 15 is 0 Å². The van der Waals surface area contributed by atoms with E-state index in [4.69, 9.17) is 9.88 Å². The van der Waals surface area contributed by atoms with Crippen LogP contribution < -0.4 is 15.2 Å². The molecule has 0 spiro atoms. The average molecular weight is 418 g/mol. The van der Waals surface area contributed by atoms with Crippen LogP contribution in [0.5, 0.6) is 5.75 Å². The van der Waals surface area contributed by atoms with Gasteiger partial charge in [0.2, 0.25) is 15.9 Å². The van der Waals surface area contributed by atoms with E-state index in [2.05, 4.69) is 22.3 Å². The Balaban J connectivity index is 1.56. The maximum Gasteiger partial charge on any atom is 0.238 e. The molecule has 0 aliphatic carbocycles. The lowest BCUT2D eigenvalue weighted by Gasteiger charge is -2.24. The Hall–Kier alpha value is -2.42. The SMILES string of the molecule is CCOc1ccc(C2CCCN2CCC(=O)Nc2cccc(S(N)(=O)=O)c2)cc1. The molecule has 1 unspecified atom stereocenters. The quantitative estimate of drug-likeness (QED) is 0.688. The molecule has 29 heavy (non-hydrogen) atoms. The Bertz CT molecular complexity index is 945. The number of anilines is 1. The molecule has 0 saturated carbocycles. The molecule has 1 amide bonds. The second kappa shape index (κ2) is 9.39. The summed E-state index contributed by atoms with van der Waals surface area (Å²) in [4.78, 5) is 14.6. The lowest BCUT2D eigenvalue weighted by Crippen LogP contribution is -2.27. The van der Waals surface area contributed by atoms with Crippen LogP contribution in [0, 0.1) is 0 Å². The largest absolute Gasteiger partial charge is 0.494 e. The van der Waals surface area contributed by atoms with Gasteiger partial charge in [-0.3, -0.25) is 9.69 Å². The van der Waals surface area contributed by atoms with Crippen molar-refractivity contribution in [2.24, 2.45) is 5.14 Å². The van der Waals surface area contributed by atoms with Gasteiger partial charge >= 0.3 is 0 Å². The van der Waals surface area contributed by atoms with E-state index in [1.54, 1.807) is 12.1 Å². The van der Waals surface area contributed by atoms with Gasteiger partial charge in [0.05, 0.1) is 11.5 Å². The first-order valence-corrected chi connectivity index (χ1v) is 11.3. The topological polar surface area (TPSA) is 102 Å². The average Bonchev–Trinajstić information content (AvgIpc) is 3.15. The summed E-state index contributed by atoms with van der Waals surface area (Å²) in [6.45, 7) is 4.19. The van der Waals surface area contributed by atoms with E-state index in [0.29, 0.717) is 31.3 Å². The van der Waals surface area contributed by atoms with Gasteiger partial charge in [-0.05, 0) is 62.2 Å². The number of ether oxygens (including phenoxy) is 1. The van der Waals surface area contributed by atoms with Crippen LogP contribution in [0.1, 0.15) is 37.8 Å². The van der Waals surface area contributed by atoms with Gasteiger partial charge < -0.3 is 10.1 Å². The lowest BCUT2D eigenvalue weighted by molar-refractivity contribution is -0.116. The zero-order valence-corrected chi connectivity index (χ0v) is 17.3. The molecule has 7 nitrogen and oxygen atoms in total. The summed E-state index contributed by atoms with van der Waals surface area (Å²) in [5.74, 6) is 0.704. The van der Waals surface area contributed by atoms with Crippen molar-refractivity contribution in [1.29, 1.82) is 0 Å². The molecule has 1 fully saturated rings. The number of likely N-dealkylation sites (tertiary alicyclic amines) is 1. The van der Waals surface area contributed by atoms with Crippen molar-refractivity contribution < 1.29 is 17.9 Å². The predicted octanol–water partition coefficient (Wildman–Crippen LogP) is 2.90. The van der Waals surface area contributed by atoms with E-state index in [1.165, 1.54) is 17.7 Å². The maximum absolute atomic E-state index is 12.4. The highest BCUT2D eigenvalue weighted by Gasteiger charge is 2.26. The maximum atomic E-state index is 12.4. The number of nitrogens with two attached hydrogens (primary N) is 1. The van der Waals surface area contributed by atoms with Gasteiger partial charge in [0.15, 0.2) is 0 Å². The first-order chi connectivity index (χ1) is 13.9. The molecule has 1 saturated heterocycles. The van der Waals surface area contributed by atoms with Crippen molar-refractivity contribution in [1.82, 2.24) is 4.90 Å². The van der Waals surface area contributed by atoms with Crippen LogP contribution >= 0.6 is 0 Å². The number of sulfonamides is 1. The molecule has 1 atom stereocenters. The molecule has 1 aliphatic rings. The third-order valence-electron chi connectivity index (χ3n) is 5.01. The van der Waals surface area contributed by atoms with E-state index in [1.807, 2.05) is 19.1 Å². The van der Waals surface area contributed by atoms with Crippen molar-refractivity contribution >= 4 is 21.6 Å². The molecular weight excluding hydrogens is 390 g/mol. The molecule has 1 aliphatic heterocycles. The van der Waals surface area contributed by atoms with Gasteiger partial charge in [-0.2, -0.15) is 0 Å². The van der Waals surface area contributed by atoms with Gasteiger partial charge in [-0.1, -0.05) is 18.2 Å². The van der Waals surface area contributed by atoms with Crippen molar-refractivity contribution in [3.63, 3.8) is 0 Å². The highest BCUT2D eigenvalue weighted by molar-refractivity contribution is 7.89. The Morgan fingerprint density at radius 3 is 2.69 bits per heavy atom. The molecule has 2 aromatic rings. The third kappa shape index (κ3) is 5.79. The molecule has 1 heterocycles. The molecule has 3 N–H and O–H groups in total. The summed E-state index contributed by atoms with van der Waals surface area (Å²) in [5, 5.41) is 7.89. The first-order valence-electron chi connectivity index (χ1n) is 9.76. The third-order valence-corrected chi connectivity index (χ3v) is 5.92. The number of benzene rings is 2. The van der Waals surface area contributed by atoms with E-state index < -0.39 is 10.0 Å². The lowest BCUT2D eigenvalue weighted by atomic mass is 10.0. The fraction of sp³-hybridized carbons (Fsp3) is 0.381. The first kappa shape index (κ1) is 21.3. The Morgan fingerprint density at radius 2 is 2.00 bits per heavy atom. The Morgan fingerprint density at radius 1 is 1.24 bits per heavy atom. The van der Waals surface area contributed by atoms with E-state index in [-0.39, 0.29) is 10.8 Å². The Kier molecular flexibility index (Phi) is 6.89. The summed E-state index contributed by atoms with van der Waals surface area (Å²) >= 11 is 0. The number of primary sulfonamides is 1. The number of hydrogen-bond acceptors (Lipinski definition) is 5. The monoisotopic (exact) mass is 417 g/mol. The van der Waals surface area contributed by atoms with Gasteiger partial charge in [-0.15, -0.1) is 0 Å². The fourth-order valence-electron chi connectivity index (χ4n) is 3.64. The number of hydrogen-bond donors (Lipinski definition) is 2. The molecule has 0 radical (unpaired) electrons. The van der Waals surface area contributed by atoms with E-state index in [9.17, 15) is 13.2 Å². The summed E-state index contributed by atoms with van der Waals surface area (Å²) in [6, 6.07) is 14.4. The predicted molar refractivity (Wildman–Crippen MR) is 112 cm³/mol. The number of carbonyl (C=O) groups excluding carboxylic acids is 1. The highest BCUT2D eigenvalue weighted by atomic mass is 32.2. The zero-order chi connectivity index (χ0) is 20.9. The minimum atomic E-state index is -3.80. The minimum Gasteiger partial charge on any atom is -0.494 e. The van der Waals surface area contributed by atoms with Crippen molar-refractivity contribution in [3.8, 4) is 5.75 Å². The summed E-state index contributed by atoms with van der Waals surface area (Å²) in [5.41, 5.74) is 1.65. The summed E-state index contributed by atoms with van der Waals surface area (Å²) < 4.78 is 28.4. The molecular formula is C21H27N3O4S. The summed E-state index contributed by atoms with van der Waals surface area (Å²) in [6.07, 6.45) is 2.48. The minimum absolute atomic E-state index is 0.0228. The van der Waals surface area contributed by atoms with Crippen LogP contribution in [0.3, 0.4) is 0 Å². The molecule has 3 rings (SSSR count). The molecule has 2 aromatic carbocycles. The van der Waals surface area contributed by atoms with Gasteiger partial charge in [0.1, 0.15) is 5.75 Å². The van der Waals surface area contributed by atoms with Crippen LogP contribution in [0.2, 0.25) is 0 Å².